The van der Waals surface area contributed by atoms with Crippen LogP contribution in [0.5, 0.6) is 0 Å². The Bertz CT molecular complexity index is 2000. The molecule has 8 aromatic rings. The van der Waals surface area contributed by atoms with Crippen molar-refractivity contribution in [1.29, 1.82) is 0 Å². The lowest BCUT2D eigenvalue weighted by atomic mass is 10.0. The molecule has 0 aliphatic heterocycles. The molecule has 0 aliphatic carbocycles. The molecule has 0 saturated carbocycles. The van der Waals surface area contributed by atoms with Gasteiger partial charge in [0.15, 0.2) is 0 Å². The number of benzene rings is 4. The zero-order valence-electron chi connectivity index (χ0n) is 16.3. The van der Waals surface area contributed by atoms with Gasteiger partial charge in [0.2, 0.25) is 0 Å². The first kappa shape index (κ1) is 15.5. The first-order valence-electron chi connectivity index (χ1n) is 10.3. The highest BCUT2D eigenvalue weighted by molar-refractivity contribution is 6.30. The van der Waals surface area contributed by atoms with Gasteiger partial charge in [-0.3, -0.25) is 4.40 Å². The van der Waals surface area contributed by atoms with Crippen LogP contribution >= 0.6 is 0 Å². The SMILES string of the molecule is c1ccc2c(c1)oc1ccc3oc4c(ccc5c4c4ccccc4c4nccn54)c3c12. The highest BCUT2D eigenvalue weighted by Crippen LogP contribution is 2.43. The van der Waals surface area contributed by atoms with Gasteiger partial charge in [0.05, 0.1) is 5.52 Å². The molecule has 4 aromatic heterocycles. The van der Waals surface area contributed by atoms with Crippen molar-refractivity contribution >= 4 is 71.2 Å². The predicted octanol–water partition coefficient (Wildman–Crippen LogP) is 7.44. The third kappa shape index (κ3) is 1.79. The summed E-state index contributed by atoms with van der Waals surface area (Å²) in [6.45, 7) is 0. The summed E-state index contributed by atoms with van der Waals surface area (Å²) < 4.78 is 14.8. The van der Waals surface area contributed by atoms with Gasteiger partial charge in [0, 0.05) is 44.7 Å². The standard InChI is InChI=1S/C27H14N2O2/c1-2-6-16-15(5-1)23-19(29-14-13-28-27(16)29)10-9-18-25-22(31-26(18)23)12-11-21-24(25)17-7-3-4-8-20(17)30-21/h1-14H. The summed E-state index contributed by atoms with van der Waals surface area (Å²) in [5.41, 5.74) is 5.60. The average Bonchev–Trinajstić information content (AvgIpc) is 3.53. The third-order valence-corrected chi connectivity index (χ3v) is 6.46. The number of rotatable bonds is 0. The predicted molar refractivity (Wildman–Crippen MR) is 125 cm³/mol. The molecule has 0 spiro atoms. The van der Waals surface area contributed by atoms with E-state index in [0.29, 0.717) is 0 Å². The van der Waals surface area contributed by atoms with Crippen LogP contribution in [-0.4, -0.2) is 9.38 Å². The van der Waals surface area contributed by atoms with E-state index in [0.717, 1.165) is 71.2 Å². The summed E-state index contributed by atoms with van der Waals surface area (Å²) in [5.74, 6) is 0. The fourth-order valence-corrected chi connectivity index (χ4v) is 5.19. The molecule has 4 heterocycles. The number of hydrogen-bond donors (Lipinski definition) is 0. The molecule has 4 nitrogen and oxygen atoms in total. The number of fused-ring (bicyclic) bond motifs is 14. The fraction of sp³-hybridized carbons (Fsp3) is 0. The molecule has 0 aliphatic rings. The molecule has 0 radical (unpaired) electrons. The van der Waals surface area contributed by atoms with Gasteiger partial charge in [-0.25, -0.2) is 4.98 Å². The van der Waals surface area contributed by atoms with Crippen LogP contribution in [0.15, 0.2) is 94.0 Å². The molecule has 4 heteroatoms. The minimum atomic E-state index is 0.872. The van der Waals surface area contributed by atoms with E-state index >= 15 is 0 Å². The smallest absolute Gasteiger partial charge is 0.145 e. The van der Waals surface area contributed by atoms with Crippen LogP contribution < -0.4 is 0 Å². The maximum Gasteiger partial charge on any atom is 0.145 e. The summed E-state index contributed by atoms with van der Waals surface area (Å²) in [4.78, 5) is 4.61. The fourth-order valence-electron chi connectivity index (χ4n) is 5.19. The molecule has 0 saturated heterocycles. The van der Waals surface area contributed by atoms with Crippen molar-refractivity contribution in [3.8, 4) is 0 Å². The molecule has 0 atom stereocenters. The zero-order valence-corrected chi connectivity index (χ0v) is 16.3. The van der Waals surface area contributed by atoms with Gasteiger partial charge in [0.25, 0.3) is 0 Å². The van der Waals surface area contributed by atoms with Gasteiger partial charge in [-0.1, -0.05) is 42.5 Å². The molecule has 0 unspecified atom stereocenters. The number of hydrogen-bond acceptors (Lipinski definition) is 3. The van der Waals surface area contributed by atoms with Gasteiger partial charge in [-0.15, -0.1) is 0 Å². The minimum Gasteiger partial charge on any atom is -0.456 e. The number of pyridine rings is 1. The van der Waals surface area contributed by atoms with Crippen LogP contribution in [0.25, 0.3) is 71.2 Å². The van der Waals surface area contributed by atoms with E-state index in [9.17, 15) is 0 Å². The molecular weight excluding hydrogens is 384 g/mol. The average molecular weight is 398 g/mol. The topological polar surface area (TPSA) is 43.6 Å². The summed E-state index contributed by atoms with van der Waals surface area (Å²) in [6, 6.07) is 25.0. The van der Waals surface area contributed by atoms with Crippen molar-refractivity contribution in [2.24, 2.45) is 0 Å². The second kappa shape index (κ2) is 5.24. The molecule has 8 rings (SSSR count). The van der Waals surface area contributed by atoms with Crippen molar-refractivity contribution in [2.45, 2.75) is 0 Å². The lowest BCUT2D eigenvalue weighted by Gasteiger charge is -2.08. The summed E-state index contributed by atoms with van der Waals surface area (Å²) in [7, 11) is 0. The van der Waals surface area contributed by atoms with Crippen molar-refractivity contribution in [3.05, 3.63) is 85.2 Å². The van der Waals surface area contributed by atoms with E-state index in [1.54, 1.807) is 0 Å². The van der Waals surface area contributed by atoms with E-state index in [2.05, 4.69) is 57.9 Å². The molecule has 0 N–H and O–H groups in total. The Labute approximate surface area is 174 Å². The monoisotopic (exact) mass is 398 g/mol. The largest absolute Gasteiger partial charge is 0.456 e. The Morgan fingerprint density at radius 3 is 2.23 bits per heavy atom. The van der Waals surface area contributed by atoms with E-state index < -0.39 is 0 Å². The van der Waals surface area contributed by atoms with Crippen LogP contribution in [0.3, 0.4) is 0 Å². The summed E-state index contributed by atoms with van der Waals surface area (Å²) in [5, 5.41) is 7.80. The molecular formula is C27H14N2O2. The number of para-hydroxylation sites is 1. The number of imidazole rings is 1. The second-order valence-electron chi connectivity index (χ2n) is 8.01. The number of nitrogens with zero attached hydrogens (tertiary/aromatic N) is 2. The molecule has 4 aromatic carbocycles. The Balaban J connectivity index is 1.70. The van der Waals surface area contributed by atoms with Crippen molar-refractivity contribution in [2.75, 3.05) is 0 Å². The van der Waals surface area contributed by atoms with Crippen LogP contribution in [0, 0.1) is 0 Å². The molecule has 0 bridgehead atoms. The van der Waals surface area contributed by atoms with Crippen LogP contribution in [0.1, 0.15) is 0 Å². The van der Waals surface area contributed by atoms with Gasteiger partial charge in [-0.05, 0) is 35.7 Å². The summed E-state index contributed by atoms with van der Waals surface area (Å²) >= 11 is 0. The van der Waals surface area contributed by atoms with E-state index in [4.69, 9.17) is 8.83 Å². The third-order valence-electron chi connectivity index (χ3n) is 6.46. The van der Waals surface area contributed by atoms with Gasteiger partial charge >= 0.3 is 0 Å². The number of furan rings is 2. The Morgan fingerprint density at radius 2 is 1.32 bits per heavy atom. The van der Waals surface area contributed by atoms with Gasteiger partial charge in [-0.2, -0.15) is 0 Å². The zero-order chi connectivity index (χ0) is 20.1. The highest BCUT2D eigenvalue weighted by Gasteiger charge is 2.19. The normalized spacial score (nSPS) is 12.5. The van der Waals surface area contributed by atoms with Crippen LogP contribution in [0.4, 0.5) is 0 Å². The molecule has 0 amide bonds. The van der Waals surface area contributed by atoms with E-state index in [1.165, 1.54) is 0 Å². The highest BCUT2D eigenvalue weighted by atomic mass is 16.3. The van der Waals surface area contributed by atoms with Crippen molar-refractivity contribution < 1.29 is 8.83 Å². The summed E-state index contributed by atoms with van der Waals surface area (Å²) in [6.07, 6.45) is 3.87. The lowest BCUT2D eigenvalue weighted by molar-refractivity contribution is 0.664. The molecule has 144 valence electrons. The van der Waals surface area contributed by atoms with E-state index in [1.807, 2.05) is 36.7 Å². The van der Waals surface area contributed by atoms with E-state index in [-0.39, 0.29) is 0 Å². The quantitative estimate of drug-likeness (QED) is 0.249. The van der Waals surface area contributed by atoms with Crippen LogP contribution in [0.2, 0.25) is 0 Å². The molecule has 31 heavy (non-hydrogen) atoms. The first-order chi connectivity index (χ1) is 15.4. The molecule has 0 fully saturated rings. The number of aromatic nitrogens is 2. The first-order valence-corrected chi connectivity index (χ1v) is 10.3. The van der Waals surface area contributed by atoms with Gasteiger partial charge < -0.3 is 8.83 Å². The van der Waals surface area contributed by atoms with Crippen molar-refractivity contribution in [1.82, 2.24) is 9.38 Å². The van der Waals surface area contributed by atoms with Crippen molar-refractivity contribution in [3.63, 3.8) is 0 Å². The maximum atomic E-state index is 6.55. The Hall–Kier alpha value is -4.31. The van der Waals surface area contributed by atoms with Crippen LogP contribution in [-0.2, 0) is 0 Å². The minimum absolute atomic E-state index is 0.872. The Morgan fingerprint density at radius 1 is 0.581 bits per heavy atom. The second-order valence-corrected chi connectivity index (χ2v) is 8.01. The maximum absolute atomic E-state index is 6.55. The Kier molecular flexibility index (Phi) is 2.62. The van der Waals surface area contributed by atoms with Gasteiger partial charge in [0.1, 0.15) is 28.0 Å². The lowest BCUT2D eigenvalue weighted by Crippen LogP contribution is -1.90.